The first-order chi connectivity index (χ1) is 28.3. The maximum Gasteiger partial charge on any atom is 0.243 e. The van der Waals surface area contributed by atoms with Gasteiger partial charge in [0.15, 0.2) is 5.96 Å². The number of carbonyl (C=O) groups is 6. The van der Waals surface area contributed by atoms with Gasteiger partial charge in [0.05, 0.1) is 6.33 Å². The van der Waals surface area contributed by atoms with Crippen molar-refractivity contribution in [1.82, 2.24) is 41.5 Å². The Kier molecular flexibility index (Phi) is 17.4. The Morgan fingerprint density at radius 2 is 1.36 bits per heavy atom. The van der Waals surface area contributed by atoms with Gasteiger partial charge in [-0.05, 0) is 43.4 Å². The molecule has 2 aromatic carbocycles. The van der Waals surface area contributed by atoms with E-state index in [9.17, 15) is 28.8 Å². The molecular weight excluding hydrogens is 757 g/mol. The van der Waals surface area contributed by atoms with Crippen molar-refractivity contribution in [1.29, 1.82) is 0 Å². The summed E-state index contributed by atoms with van der Waals surface area (Å²) in [6.45, 7) is 3.69. The van der Waals surface area contributed by atoms with Gasteiger partial charge in [-0.1, -0.05) is 68.3 Å². The fraction of sp³-hybridized carbons (Fsp3) is 0.415. The summed E-state index contributed by atoms with van der Waals surface area (Å²) in [4.78, 5) is 94.8. The van der Waals surface area contributed by atoms with E-state index in [1.54, 1.807) is 36.5 Å². The average Bonchev–Trinajstić information content (AvgIpc) is 3.88. The Morgan fingerprint density at radius 1 is 0.712 bits per heavy atom. The van der Waals surface area contributed by atoms with E-state index < -0.39 is 59.7 Å². The van der Waals surface area contributed by atoms with E-state index in [4.69, 9.17) is 17.2 Å². The predicted octanol–water partition coefficient (Wildman–Crippen LogP) is 0.482. The topological polar surface area (TPSA) is 297 Å². The fourth-order valence-corrected chi connectivity index (χ4v) is 6.43. The molecule has 0 unspecified atom stereocenters. The van der Waals surface area contributed by atoms with Crippen molar-refractivity contribution in [2.24, 2.45) is 22.2 Å². The van der Waals surface area contributed by atoms with Crippen molar-refractivity contribution in [3.63, 3.8) is 0 Å². The third-order valence-corrected chi connectivity index (χ3v) is 9.64. The van der Waals surface area contributed by atoms with Crippen molar-refractivity contribution >= 4 is 52.3 Å². The Morgan fingerprint density at radius 3 is 2.03 bits per heavy atom. The van der Waals surface area contributed by atoms with Crippen molar-refractivity contribution < 1.29 is 28.8 Å². The molecule has 0 saturated carbocycles. The number of rotatable bonds is 24. The summed E-state index contributed by atoms with van der Waals surface area (Å²) in [6, 6.07) is 10.7. The number of H-pyrrole nitrogens is 2. The highest BCUT2D eigenvalue weighted by molar-refractivity contribution is 5.96. The summed E-state index contributed by atoms with van der Waals surface area (Å²) in [6.07, 6.45) is 7.83. The fourth-order valence-electron chi connectivity index (χ4n) is 6.43. The molecule has 0 aliphatic rings. The number of primary amides is 1. The number of aromatic nitrogens is 3. The molecule has 316 valence electrons. The van der Waals surface area contributed by atoms with E-state index in [2.05, 4.69) is 46.5 Å². The van der Waals surface area contributed by atoms with Gasteiger partial charge in [0.25, 0.3) is 0 Å². The van der Waals surface area contributed by atoms with E-state index in [1.165, 1.54) is 19.4 Å². The molecule has 0 fully saturated rings. The largest absolute Gasteiger partial charge is 0.370 e. The minimum absolute atomic E-state index is 0.0141. The first-order valence-electron chi connectivity index (χ1n) is 19.8. The second-order valence-corrected chi connectivity index (χ2v) is 14.4. The van der Waals surface area contributed by atoms with Gasteiger partial charge in [-0.15, -0.1) is 0 Å². The van der Waals surface area contributed by atoms with Crippen LogP contribution in [0.25, 0.3) is 10.9 Å². The number of nitrogens with two attached hydrogens (primary N) is 3. The number of nitrogens with one attached hydrogen (secondary N) is 7. The van der Waals surface area contributed by atoms with Crippen molar-refractivity contribution in [2.45, 2.75) is 102 Å². The zero-order valence-corrected chi connectivity index (χ0v) is 33.5. The smallest absolute Gasteiger partial charge is 0.243 e. The van der Waals surface area contributed by atoms with Crippen LogP contribution < -0.4 is 43.8 Å². The summed E-state index contributed by atoms with van der Waals surface area (Å²) in [5.41, 5.74) is 19.6. The highest BCUT2D eigenvalue weighted by Gasteiger charge is 2.32. The number of hydrogen-bond donors (Lipinski definition) is 10. The quantitative estimate of drug-likeness (QED) is 0.0267. The number of amides is 6. The van der Waals surface area contributed by atoms with Gasteiger partial charge >= 0.3 is 0 Å². The van der Waals surface area contributed by atoms with E-state index in [0.717, 1.165) is 29.3 Å². The second kappa shape index (κ2) is 22.9. The van der Waals surface area contributed by atoms with Gasteiger partial charge in [-0.2, -0.15) is 0 Å². The Bertz CT molecular complexity index is 2030. The molecule has 2 heterocycles. The van der Waals surface area contributed by atoms with Crippen LogP contribution in [-0.2, 0) is 48.0 Å². The Hall–Kier alpha value is -6.72. The molecule has 2 aromatic heterocycles. The van der Waals surface area contributed by atoms with E-state index in [1.807, 2.05) is 31.2 Å². The molecule has 4 aromatic rings. The predicted molar refractivity (Wildman–Crippen MR) is 223 cm³/mol. The number of unbranched alkanes of at least 4 members (excludes halogenated alkanes) is 2. The number of carbonyl (C=O) groups excluding carboxylic acids is 6. The highest BCUT2D eigenvalue weighted by Crippen LogP contribution is 2.19. The molecule has 0 aliphatic heterocycles. The third kappa shape index (κ3) is 14.6. The van der Waals surface area contributed by atoms with E-state index >= 15 is 0 Å². The van der Waals surface area contributed by atoms with Gasteiger partial charge in [-0.3, -0.25) is 33.8 Å². The van der Waals surface area contributed by atoms with Crippen LogP contribution in [0.2, 0.25) is 0 Å². The van der Waals surface area contributed by atoms with Crippen molar-refractivity contribution in [3.05, 3.63) is 90.1 Å². The molecule has 59 heavy (non-hydrogen) atoms. The molecule has 4 rings (SSSR count). The SMILES string of the molecule is CCCCCC(=O)N[C@@H](C)C(=O)N[C@@H](Cc1cnc[nH]1)C(=O)N[C@H](Cc1ccccc1)C(=O)N[C@@H](CCCN=C(N)N)C(=O)N[C@@H](Cc1c[nH]c2ccccc12)C(N)=O. The second-order valence-electron chi connectivity index (χ2n) is 14.4. The lowest BCUT2D eigenvalue weighted by Gasteiger charge is -2.27. The summed E-state index contributed by atoms with van der Waals surface area (Å²) in [5.74, 6) is -3.92. The van der Waals surface area contributed by atoms with Crippen LogP contribution >= 0.6 is 0 Å². The Labute approximate surface area is 342 Å². The molecule has 0 bridgehead atoms. The number of guanidine groups is 1. The van der Waals surface area contributed by atoms with Crippen LogP contribution in [-0.4, -0.2) is 93.1 Å². The van der Waals surface area contributed by atoms with Gasteiger partial charge in [0, 0.05) is 61.2 Å². The molecule has 5 atom stereocenters. The minimum Gasteiger partial charge on any atom is -0.370 e. The van der Waals surface area contributed by atoms with Crippen LogP contribution in [0.1, 0.15) is 69.2 Å². The first kappa shape index (κ1) is 45.0. The standard InChI is InChI=1S/C41H56N12O6/c1-3-4-6-17-35(54)49-25(2)37(56)52-34(21-28-23-45-24-48-28)40(59)53-33(19-26-12-7-5-8-13-26)39(58)50-31(16-11-18-46-41(43)44)38(57)51-32(36(42)55)20-27-22-47-30-15-10-9-14-29(27)30/h5,7-10,12-15,22-25,31-34,47H,3-4,6,11,16-21H2,1-2H3,(H2,42,55)(H,45,48)(H,49,54)(H,50,58)(H,51,57)(H,52,56)(H,53,59)(H4,43,44,46)/t25-,31-,32-,33+,34-/m0/s1. The first-order valence-corrected chi connectivity index (χ1v) is 19.8. The summed E-state index contributed by atoms with van der Waals surface area (Å²) < 4.78 is 0. The number of hydrogen-bond acceptors (Lipinski definition) is 8. The summed E-state index contributed by atoms with van der Waals surface area (Å²) >= 11 is 0. The lowest BCUT2D eigenvalue weighted by atomic mass is 10.0. The summed E-state index contributed by atoms with van der Waals surface area (Å²) in [7, 11) is 0. The molecule has 0 radical (unpaired) electrons. The number of para-hydroxylation sites is 1. The molecule has 13 N–H and O–H groups in total. The van der Waals surface area contributed by atoms with Crippen LogP contribution in [0.5, 0.6) is 0 Å². The van der Waals surface area contributed by atoms with Crippen LogP contribution in [0, 0.1) is 0 Å². The molecule has 18 nitrogen and oxygen atoms in total. The molecule has 0 spiro atoms. The average molecular weight is 813 g/mol. The maximum atomic E-state index is 14.2. The minimum atomic E-state index is -1.24. The zero-order valence-electron chi connectivity index (χ0n) is 33.5. The number of nitrogens with zero attached hydrogens (tertiary/aromatic N) is 2. The third-order valence-electron chi connectivity index (χ3n) is 9.64. The van der Waals surface area contributed by atoms with Crippen LogP contribution in [0.3, 0.4) is 0 Å². The molecule has 18 heteroatoms. The molecule has 0 saturated heterocycles. The highest BCUT2D eigenvalue weighted by atomic mass is 16.2. The molecular formula is C41H56N12O6. The number of aromatic amines is 2. The number of imidazole rings is 1. The van der Waals surface area contributed by atoms with E-state index in [0.29, 0.717) is 17.7 Å². The van der Waals surface area contributed by atoms with Gasteiger partial charge in [0.1, 0.15) is 30.2 Å². The van der Waals surface area contributed by atoms with E-state index in [-0.39, 0.29) is 56.9 Å². The molecule has 6 amide bonds. The van der Waals surface area contributed by atoms with Gasteiger partial charge < -0.3 is 53.8 Å². The van der Waals surface area contributed by atoms with Crippen LogP contribution in [0.4, 0.5) is 0 Å². The lowest BCUT2D eigenvalue weighted by Crippen LogP contribution is -2.59. The molecule has 0 aliphatic carbocycles. The summed E-state index contributed by atoms with van der Waals surface area (Å²) in [5, 5.41) is 14.5. The number of aliphatic imine (C=N–C) groups is 1. The lowest BCUT2D eigenvalue weighted by molar-refractivity contribution is -0.135. The zero-order chi connectivity index (χ0) is 42.7. The van der Waals surface area contributed by atoms with Gasteiger partial charge in [-0.25, -0.2) is 4.98 Å². The monoisotopic (exact) mass is 812 g/mol. The van der Waals surface area contributed by atoms with Crippen LogP contribution in [0.15, 0.2) is 78.3 Å². The van der Waals surface area contributed by atoms with Crippen molar-refractivity contribution in [2.75, 3.05) is 6.54 Å². The normalized spacial score (nSPS) is 13.5. The number of benzene rings is 2. The van der Waals surface area contributed by atoms with Crippen molar-refractivity contribution in [3.8, 4) is 0 Å². The Balaban J connectivity index is 1.55. The maximum absolute atomic E-state index is 14.2. The van der Waals surface area contributed by atoms with Gasteiger partial charge in [0.2, 0.25) is 35.4 Å². The number of fused-ring (bicyclic) bond motifs is 1.